The van der Waals surface area contributed by atoms with Crippen LogP contribution in [0.4, 0.5) is 0 Å². The van der Waals surface area contributed by atoms with Crippen LogP contribution in [0, 0.1) is 0 Å². The molecule has 0 radical (unpaired) electrons. The molecule has 1 saturated heterocycles. The monoisotopic (exact) mass is 259 g/mol. The smallest absolute Gasteiger partial charge is 0.0594 e. The molecule has 1 fully saturated rings. The van der Waals surface area contributed by atoms with Crippen molar-refractivity contribution in [2.45, 2.75) is 73.1 Å². The van der Waals surface area contributed by atoms with Gasteiger partial charge in [-0.2, -0.15) is 0 Å². The van der Waals surface area contributed by atoms with Crippen LogP contribution >= 0.6 is 0 Å². The summed E-state index contributed by atoms with van der Waals surface area (Å²) in [5.41, 5.74) is 0. The number of hydrogen-bond donors (Lipinski definition) is 0. The molecule has 1 heterocycles. The number of morpholine rings is 1. The van der Waals surface area contributed by atoms with Crippen molar-refractivity contribution in [2.75, 3.05) is 32.8 Å². The van der Waals surface area contributed by atoms with Crippen molar-refractivity contribution in [2.24, 2.45) is 0 Å². The lowest BCUT2D eigenvalue weighted by atomic mass is 10.1. The SMILES string of the molecule is CC.CCCCCCCC.CCN1CCOCC1. The first-order valence-corrected chi connectivity index (χ1v) is 8.15. The van der Waals surface area contributed by atoms with E-state index in [1.54, 1.807) is 0 Å². The fourth-order valence-electron chi connectivity index (χ4n) is 1.77. The number of nitrogens with zero attached hydrogens (tertiary/aromatic N) is 1. The minimum atomic E-state index is 0.924. The van der Waals surface area contributed by atoms with E-state index in [4.69, 9.17) is 4.74 Å². The van der Waals surface area contributed by atoms with Crippen LogP contribution in [0.1, 0.15) is 73.1 Å². The minimum absolute atomic E-state index is 0.924. The van der Waals surface area contributed by atoms with E-state index >= 15 is 0 Å². The number of hydrogen-bond acceptors (Lipinski definition) is 2. The number of unbranched alkanes of at least 4 members (excludes halogenated alkanes) is 5. The van der Waals surface area contributed by atoms with Crippen LogP contribution in [0.25, 0.3) is 0 Å². The maximum absolute atomic E-state index is 5.16. The molecule has 0 atom stereocenters. The molecule has 0 aliphatic carbocycles. The topological polar surface area (TPSA) is 12.5 Å². The molecule has 0 unspecified atom stereocenters. The Balaban J connectivity index is 0. The van der Waals surface area contributed by atoms with Gasteiger partial charge in [0.05, 0.1) is 13.2 Å². The molecule has 0 saturated carbocycles. The average Bonchev–Trinajstić information content (AvgIpc) is 2.47. The molecule has 1 aliphatic rings. The van der Waals surface area contributed by atoms with Crippen LogP contribution in [-0.2, 0) is 4.74 Å². The predicted octanol–water partition coefficient (Wildman–Crippen LogP) is 4.73. The van der Waals surface area contributed by atoms with Crippen molar-refractivity contribution >= 4 is 0 Å². The molecule has 0 bridgehead atoms. The highest BCUT2D eigenvalue weighted by Gasteiger charge is 2.05. The van der Waals surface area contributed by atoms with Gasteiger partial charge in [0.2, 0.25) is 0 Å². The van der Waals surface area contributed by atoms with E-state index in [0.29, 0.717) is 0 Å². The lowest BCUT2D eigenvalue weighted by Crippen LogP contribution is -2.35. The summed E-state index contributed by atoms with van der Waals surface area (Å²) >= 11 is 0. The van der Waals surface area contributed by atoms with Gasteiger partial charge in [0.15, 0.2) is 0 Å². The molecule has 112 valence electrons. The van der Waals surface area contributed by atoms with Gasteiger partial charge in [-0.1, -0.05) is 73.1 Å². The summed E-state index contributed by atoms with van der Waals surface area (Å²) in [5, 5.41) is 0. The Labute approximate surface area is 116 Å². The normalized spacial score (nSPS) is 15.2. The van der Waals surface area contributed by atoms with Gasteiger partial charge in [0.25, 0.3) is 0 Å². The van der Waals surface area contributed by atoms with E-state index in [-0.39, 0.29) is 0 Å². The zero-order valence-corrected chi connectivity index (χ0v) is 13.6. The summed E-state index contributed by atoms with van der Waals surface area (Å²) in [6, 6.07) is 0. The molecular weight excluding hydrogens is 222 g/mol. The summed E-state index contributed by atoms with van der Waals surface area (Å²) in [6.07, 6.45) is 8.49. The van der Waals surface area contributed by atoms with Crippen molar-refractivity contribution < 1.29 is 4.74 Å². The lowest BCUT2D eigenvalue weighted by Gasteiger charge is -2.24. The molecule has 2 nitrogen and oxygen atoms in total. The molecule has 18 heavy (non-hydrogen) atoms. The van der Waals surface area contributed by atoms with Crippen molar-refractivity contribution in [1.29, 1.82) is 0 Å². The highest BCUT2D eigenvalue weighted by Crippen LogP contribution is 2.03. The van der Waals surface area contributed by atoms with E-state index in [1.165, 1.54) is 45.1 Å². The first kappa shape index (κ1) is 20.2. The third-order valence-electron chi connectivity index (χ3n) is 3.01. The van der Waals surface area contributed by atoms with E-state index in [1.807, 2.05) is 13.8 Å². The minimum Gasteiger partial charge on any atom is -0.379 e. The largest absolute Gasteiger partial charge is 0.379 e. The van der Waals surface area contributed by atoms with Gasteiger partial charge < -0.3 is 4.74 Å². The Kier molecular flexibility index (Phi) is 21.7. The van der Waals surface area contributed by atoms with Gasteiger partial charge in [-0.15, -0.1) is 0 Å². The molecule has 0 aromatic carbocycles. The zero-order chi connectivity index (χ0) is 14.1. The van der Waals surface area contributed by atoms with Crippen LogP contribution in [0.15, 0.2) is 0 Å². The molecule has 0 aromatic heterocycles. The second-order valence-electron chi connectivity index (χ2n) is 4.46. The van der Waals surface area contributed by atoms with Crippen LogP contribution in [0.5, 0.6) is 0 Å². The van der Waals surface area contributed by atoms with Gasteiger partial charge in [-0.05, 0) is 6.54 Å². The molecule has 0 N–H and O–H groups in total. The molecule has 1 rings (SSSR count). The fourth-order valence-corrected chi connectivity index (χ4v) is 1.77. The third kappa shape index (κ3) is 15.9. The summed E-state index contributed by atoms with van der Waals surface area (Å²) in [4.78, 5) is 2.39. The van der Waals surface area contributed by atoms with E-state index in [0.717, 1.165) is 26.3 Å². The lowest BCUT2D eigenvalue weighted by molar-refractivity contribution is 0.0405. The highest BCUT2D eigenvalue weighted by atomic mass is 16.5. The number of ether oxygens (including phenoxy) is 1. The number of rotatable bonds is 6. The maximum Gasteiger partial charge on any atom is 0.0594 e. The average molecular weight is 259 g/mol. The molecule has 0 amide bonds. The van der Waals surface area contributed by atoms with E-state index < -0.39 is 0 Å². The Morgan fingerprint density at radius 1 is 0.778 bits per heavy atom. The van der Waals surface area contributed by atoms with Crippen LogP contribution in [0.2, 0.25) is 0 Å². The van der Waals surface area contributed by atoms with Crippen molar-refractivity contribution in [1.82, 2.24) is 4.90 Å². The van der Waals surface area contributed by atoms with Crippen molar-refractivity contribution in [3.8, 4) is 0 Å². The quantitative estimate of drug-likeness (QED) is 0.639. The van der Waals surface area contributed by atoms with Crippen molar-refractivity contribution in [3.05, 3.63) is 0 Å². The van der Waals surface area contributed by atoms with Crippen molar-refractivity contribution in [3.63, 3.8) is 0 Å². The summed E-state index contributed by atoms with van der Waals surface area (Å²) in [6.45, 7) is 16.0. The Bertz CT molecular complexity index is 116. The first-order chi connectivity index (χ1) is 8.85. The zero-order valence-electron chi connectivity index (χ0n) is 13.6. The maximum atomic E-state index is 5.16. The highest BCUT2D eigenvalue weighted by molar-refractivity contribution is 4.57. The van der Waals surface area contributed by atoms with Gasteiger partial charge in [0, 0.05) is 13.1 Å². The summed E-state index contributed by atoms with van der Waals surface area (Å²) < 4.78 is 5.16. The van der Waals surface area contributed by atoms with Crippen LogP contribution in [0.3, 0.4) is 0 Å². The Hall–Kier alpha value is -0.0800. The van der Waals surface area contributed by atoms with E-state index in [2.05, 4.69) is 25.7 Å². The van der Waals surface area contributed by atoms with Gasteiger partial charge >= 0.3 is 0 Å². The third-order valence-corrected chi connectivity index (χ3v) is 3.01. The van der Waals surface area contributed by atoms with Gasteiger partial charge in [0.1, 0.15) is 0 Å². The molecule has 0 spiro atoms. The first-order valence-electron chi connectivity index (χ1n) is 8.15. The summed E-state index contributed by atoms with van der Waals surface area (Å²) in [7, 11) is 0. The van der Waals surface area contributed by atoms with Gasteiger partial charge in [-0.3, -0.25) is 4.90 Å². The Morgan fingerprint density at radius 3 is 1.50 bits per heavy atom. The van der Waals surface area contributed by atoms with Crippen LogP contribution in [-0.4, -0.2) is 37.7 Å². The molecule has 0 aromatic rings. The summed E-state index contributed by atoms with van der Waals surface area (Å²) in [5.74, 6) is 0. The number of likely N-dealkylation sites (N-methyl/N-ethyl adjacent to an activating group) is 1. The Morgan fingerprint density at radius 2 is 1.22 bits per heavy atom. The standard InChI is InChI=1S/C8H18.C6H13NO.C2H6/c1-3-5-7-8-6-4-2;1-2-7-3-5-8-6-4-7;1-2/h3-8H2,1-2H3;2-6H2,1H3;1-2H3. The second kappa shape index (κ2) is 19.3. The van der Waals surface area contributed by atoms with Crippen LogP contribution < -0.4 is 0 Å². The molecule has 2 heteroatoms. The molecule has 1 aliphatic heterocycles. The predicted molar refractivity (Wildman–Crippen MR) is 83.3 cm³/mol. The molecular formula is C16H37NO. The van der Waals surface area contributed by atoms with E-state index in [9.17, 15) is 0 Å². The second-order valence-corrected chi connectivity index (χ2v) is 4.46. The van der Waals surface area contributed by atoms with Gasteiger partial charge in [-0.25, -0.2) is 0 Å². The fraction of sp³-hybridized carbons (Fsp3) is 1.00.